The van der Waals surface area contributed by atoms with Crippen molar-refractivity contribution in [2.45, 2.75) is 13.3 Å². The summed E-state index contributed by atoms with van der Waals surface area (Å²) in [6.45, 7) is 6.27. The van der Waals surface area contributed by atoms with Gasteiger partial charge in [0, 0.05) is 11.3 Å². The number of phenolic OH excluding ortho intramolecular Hbond substituents is 1. The van der Waals surface area contributed by atoms with Crippen LogP contribution >= 0.6 is 0 Å². The standard InChI is InChI=1S/C20H23N3O3/c1-3-6-15-7-5-8-16(20(15)25)13-22-23-19(24)14-21-17-9-11-18(12-10-17)26-4-2/h3,5,7-13,21,25H,1,4,6,14H2,2H3,(H,23,24)/b22-13+. The minimum absolute atomic E-state index is 0.0772. The van der Waals surface area contributed by atoms with Crippen LogP contribution in [0.3, 0.4) is 0 Å². The molecule has 0 radical (unpaired) electrons. The van der Waals surface area contributed by atoms with Crippen molar-refractivity contribution in [1.82, 2.24) is 5.43 Å². The first-order valence-electron chi connectivity index (χ1n) is 8.34. The van der Waals surface area contributed by atoms with Crippen molar-refractivity contribution in [3.8, 4) is 11.5 Å². The van der Waals surface area contributed by atoms with Gasteiger partial charge in [0.05, 0.1) is 19.4 Å². The molecule has 0 aliphatic carbocycles. The SMILES string of the molecule is C=CCc1cccc(/C=N/NC(=O)CNc2ccc(OCC)cc2)c1O. The second kappa shape index (κ2) is 9.88. The molecule has 6 heteroatoms. The molecule has 0 fully saturated rings. The molecule has 0 spiro atoms. The van der Waals surface area contributed by atoms with Crippen molar-refractivity contribution in [3.63, 3.8) is 0 Å². The van der Waals surface area contributed by atoms with Crippen LogP contribution < -0.4 is 15.5 Å². The van der Waals surface area contributed by atoms with Crippen LogP contribution in [0.25, 0.3) is 0 Å². The normalized spacial score (nSPS) is 10.5. The van der Waals surface area contributed by atoms with E-state index in [0.717, 1.165) is 17.0 Å². The molecule has 0 atom stereocenters. The molecule has 0 aromatic heterocycles. The predicted octanol–water partition coefficient (Wildman–Crippen LogP) is 3.08. The molecular formula is C20H23N3O3. The van der Waals surface area contributed by atoms with Crippen molar-refractivity contribution >= 4 is 17.8 Å². The summed E-state index contributed by atoms with van der Waals surface area (Å²) in [7, 11) is 0. The Morgan fingerprint density at radius 1 is 1.27 bits per heavy atom. The number of amides is 1. The van der Waals surface area contributed by atoms with Crippen LogP contribution in [0.2, 0.25) is 0 Å². The molecule has 26 heavy (non-hydrogen) atoms. The molecule has 2 rings (SSSR count). The number of hydrogen-bond donors (Lipinski definition) is 3. The summed E-state index contributed by atoms with van der Waals surface area (Å²) >= 11 is 0. The molecule has 6 nitrogen and oxygen atoms in total. The lowest BCUT2D eigenvalue weighted by Crippen LogP contribution is -2.25. The van der Waals surface area contributed by atoms with Crippen molar-refractivity contribution in [2.75, 3.05) is 18.5 Å². The van der Waals surface area contributed by atoms with Crippen molar-refractivity contribution in [1.29, 1.82) is 0 Å². The summed E-state index contributed by atoms with van der Waals surface area (Å²) < 4.78 is 5.36. The van der Waals surface area contributed by atoms with E-state index in [1.165, 1.54) is 6.21 Å². The van der Waals surface area contributed by atoms with Gasteiger partial charge in [0.1, 0.15) is 11.5 Å². The van der Waals surface area contributed by atoms with E-state index in [1.807, 2.05) is 43.3 Å². The van der Waals surface area contributed by atoms with Crippen LogP contribution in [0.4, 0.5) is 5.69 Å². The van der Waals surface area contributed by atoms with Crippen molar-refractivity contribution in [3.05, 3.63) is 66.2 Å². The summed E-state index contributed by atoms with van der Waals surface area (Å²) in [6.07, 6.45) is 3.69. The molecule has 0 aliphatic rings. The Bertz CT molecular complexity index is 770. The van der Waals surface area contributed by atoms with Gasteiger partial charge in [-0.2, -0.15) is 5.10 Å². The van der Waals surface area contributed by atoms with Gasteiger partial charge in [-0.15, -0.1) is 6.58 Å². The Hall–Kier alpha value is -3.28. The fraction of sp³-hybridized carbons (Fsp3) is 0.200. The quantitative estimate of drug-likeness (QED) is 0.367. The lowest BCUT2D eigenvalue weighted by Gasteiger charge is -2.07. The summed E-state index contributed by atoms with van der Waals surface area (Å²) in [4.78, 5) is 11.8. The van der Waals surface area contributed by atoms with E-state index in [-0.39, 0.29) is 18.2 Å². The van der Waals surface area contributed by atoms with Crippen LogP contribution in [0.1, 0.15) is 18.1 Å². The van der Waals surface area contributed by atoms with Gasteiger partial charge in [0.15, 0.2) is 0 Å². The highest BCUT2D eigenvalue weighted by Gasteiger charge is 2.04. The van der Waals surface area contributed by atoms with Crippen molar-refractivity contribution in [2.24, 2.45) is 5.10 Å². The van der Waals surface area contributed by atoms with E-state index in [1.54, 1.807) is 12.1 Å². The summed E-state index contributed by atoms with van der Waals surface area (Å²) in [6, 6.07) is 12.7. The first-order chi connectivity index (χ1) is 12.6. The molecule has 0 saturated carbocycles. The molecule has 3 N–H and O–H groups in total. The molecule has 2 aromatic rings. The molecule has 2 aromatic carbocycles. The smallest absolute Gasteiger partial charge is 0.259 e. The highest BCUT2D eigenvalue weighted by atomic mass is 16.5. The van der Waals surface area contributed by atoms with Gasteiger partial charge in [-0.1, -0.05) is 18.2 Å². The summed E-state index contributed by atoms with van der Waals surface area (Å²) in [5, 5.41) is 17.0. The Kier molecular flexibility index (Phi) is 7.24. The zero-order valence-electron chi connectivity index (χ0n) is 14.7. The van der Waals surface area contributed by atoms with E-state index < -0.39 is 0 Å². The first kappa shape index (κ1) is 19.1. The van der Waals surface area contributed by atoms with Gasteiger partial charge in [-0.25, -0.2) is 5.43 Å². The highest BCUT2D eigenvalue weighted by molar-refractivity contribution is 5.86. The number of aromatic hydroxyl groups is 1. The maximum absolute atomic E-state index is 11.8. The number of para-hydroxylation sites is 1. The minimum Gasteiger partial charge on any atom is -0.507 e. The third-order valence-corrected chi connectivity index (χ3v) is 3.53. The molecule has 1 amide bonds. The second-order valence-corrected chi connectivity index (χ2v) is 5.45. The van der Waals surface area contributed by atoms with Crippen LogP contribution in [0.5, 0.6) is 11.5 Å². The van der Waals surface area contributed by atoms with Gasteiger partial charge in [0.25, 0.3) is 5.91 Å². The van der Waals surface area contributed by atoms with E-state index in [4.69, 9.17) is 4.74 Å². The van der Waals surface area contributed by atoms with Gasteiger partial charge in [-0.05, 0) is 49.2 Å². The number of carbonyl (C=O) groups is 1. The number of phenols is 1. The zero-order valence-corrected chi connectivity index (χ0v) is 14.7. The van der Waals surface area contributed by atoms with E-state index in [2.05, 4.69) is 22.4 Å². The third-order valence-electron chi connectivity index (χ3n) is 3.53. The Morgan fingerprint density at radius 3 is 2.73 bits per heavy atom. The lowest BCUT2D eigenvalue weighted by molar-refractivity contribution is -0.119. The number of allylic oxidation sites excluding steroid dienone is 1. The average molecular weight is 353 g/mol. The number of benzene rings is 2. The number of hydrazone groups is 1. The first-order valence-corrected chi connectivity index (χ1v) is 8.34. The summed E-state index contributed by atoms with van der Waals surface area (Å²) in [5.41, 5.74) is 4.52. The number of ether oxygens (including phenoxy) is 1. The number of nitrogens with zero attached hydrogens (tertiary/aromatic N) is 1. The van der Waals surface area contributed by atoms with Gasteiger partial charge >= 0.3 is 0 Å². The van der Waals surface area contributed by atoms with Crippen LogP contribution in [-0.2, 0) is 11.2 Å². The van der Waals surface area contributed by atoms with E-state index in [0.29, 0.717) is 18.6 Å². The largest absolute Gasteiger partial charge is 0.507 e. The molecular weight excluding hydrogens is 330 g/mol. The van der Waals surface area contributed by atoms with Gasteiger partial charge in [-0.3, -0.25) is 4.79 Å². The lowest BCUT2D eigenvalue weighted by atomic mass is 10.1. The Labute approximate surface area is 153 Å². The molecule has 136 valence electrons. The molecule has 0 bridgehead atoms. The number of rotatable bonds is 9. The zero-order chi connectivity index (χ0) is 18.8. The number of nitrogens with one attached hydrogen (secondary N) is 2. The average Bonchev–Trinajstić information content (AvgIpc) is 2.64. The summed E-state index contributed by atoms with van der Waals surface area (Å²) in [5.74, 6) is 0.625. The van der Waals surface area contributed by atoms with Gasteiger partial charge < -0.3 is 15.2 Å². The molecule has 0 aliphatic heterocycles. The molecule has 0 saturated heterocycles. The Morgan fingerprint density at radius 2 is 2.04 bits per heavy atom. The number of anilines is 1. The van der Waals surface area contributed by atoms with E-state index in [9.17, 15) is 9.90 Å². The van der Waals surface area contributed by atoms with E-state index >= 15 is 0 Å². The van der Waals surface area contributed by atoms with Crippen LogP contribution in [0, 0.1) is 0 Å². The maximum Gasteiger partial charge on any atom is 0.259 e. The molecule has 0 heterocycles. The van der Waals surface area contributed by atoms with Gasteiger partial charge in [0.2, 0.25) is 0 Å². The molecule has 0 unspecified atom stereocenters. The number of carbonyl (C=O) groups excluding carboxylic acids is 1. The topological polar surface area (TPSA) is 83.0 Å². The Balaban J connectivity index is 1.84. The predicted molar refractivity (Wildman–Crippen MR) is 104 cm³/mol. The number of hydrogen-bond acceptors (Lipinski definition) is 5. The van der Waals surface area contributed by atoms with Crippen molar-refractivity contribution < 1.29 is 14.6 Å². The minimum atomic E-state index is -0.295. The monoisotopic (exact) mass is 353 g/mol. The fourth-order valence-corrected chi connectivity index (χ4v) is 2.27. The fourth-order valence-electron chi connectivity index (χ4n) is 2.27. The van der Waals surface area contributed by atoms with Crippen LogP contribution in [-0.4, -0.2) is 30.4 Å². The van der Waals surface area contributed by atoms with Crippen LogP contribution in [0.15, 0.2) is 60.2 Å². The maximum atomic E-state index is 11.8. The highest BCUT2D eigenvalue weighted by Crippen LogP contribution is 2.21. The second-order valence-electron chi connectivity index (χ2n) is 5.45. The third kappa shape index (κ3) is 5.66.